The van der Waals surface area contributed by atoms with Crippen molar-refractivity contribution in [1.82, 2.24) is 10.2 Å². The van der Waals surface area contributed by atoms with Crippen LogP contribution in [0.15, 0.2) is 0 Å². The van der Waals surface area contributed by atoms with Crippen LogP contribution in [-0.4, -0.2) is 48.6 Å². The summed E-state index contributed by atoms with van der Waals surface area (Å²) in [6.07, 6.45) is 5.50. The second-order valence-corrected chi connectivity index (χ2v) is 5.67. The molecule has 0 aromatic heterocycles. The Morgan fingerprint density at radius 3 is 2.86 bits per heavy atom. The molecule has 2 unspecified atom stereocenters. The minimum Gasteiger partial charge on any atom is -0.317 e. The smallest absolute Gasteiger partial charge is 0.0194 e. The van der Waals surface area contributed by atoms with E-state index in [2.05, 4.69) is 29.0 Å². The molecule has 0 radical (unpaired) electrons. The summed E-state index contributed by atoms with van der Waals surface area (Å²) in [4.78, 5) is 2.66. The molecule has 0 aromatic rings. The van der Waals surface area contributed by atoms with Crippen LogP contribution in [0.4, 0.5) is 0 Å². The molecule has 2 saturated heterocycles. The maximum absolute atomic E-state index is 3.49. The van der Waals surface area contributed by atoms with Crippen LogP contribution in [0.25, 0.3) is 0 Å². The van der Waals surface area contributed by atoms with Crippen LogP contribution in [0, 0.1) is 0 Å². The van der Waals surface area contributed by atoms with E-state index in [4.69, 9.17) is 0 Å². The van der Waals surface area contributed by atoms with E-state index in [0.29, 0.717) is 0 Å². The summed E-state index contributed by atoms with van der Waals surface area (Å²) in [5.41, 5.74) is 0. The van der Waals surface area contributed by atoms with Gasteiger partial charge in [0.05, 0.1) is 0 Å². The van der Waals surface area contributed by atoms with E-state index in [-0.39, 0.29) is 0 Å². The zero-order chi connectivity index (χ0) is 9.80. The first-order chi connectivity index (χ1) is 6.88. The van der Waals surface area contributed by atoms with Crippen LogP contribution in [0.3, 0.4) is 0 Å². The number of hydrogen-bond donors (Lipinski definition) is 1. The van der Waals surface area contributed by atoms with Gasteiger partial charge in [-0.25, -0.2) is 0 Å². The number of thioether (sulfide) groups is 1. The molecule has 2 atom stereocenters. The fourth-order valence-corrected chi connectivity index (χ4v) is 3.83. The highest BCUT2D eigenvalue weighted by atomic mass is 32.2. The average molecular weight is 214 g/mol. The maximum atomic E-state index is 3.49. The van der Waals surface area contributed by atoms with Crippen LogP contribution >= 0.6 is 11.8 Å². The van der Waals surface area contributed by atoms with Gasteiger partial charge < -0.3 is 5.32 Å². The SMILES string of the molecule is CN(C1CCCNCC1)C1CCSC1. The van der Waals surface area contributed by atoms with Crippen molar-refractivity contribution in [1.29, 1.82) is 0 Å². The van der Waals surface area contributed by atoms with Crippen LogP contribution in [0.2, 0.25) is 0 Å². The molecule has 3 heteroatoms. The molecule has 14 heavy (non-hydrogen) atoms. The standard InChI is InChI=1S/C11H22N2S/c1-13(11-5-8-14-9-11)10-3-2-6-12-7-4-10/h10-12H,2-9H2,1H3. The van der Waals surface area contributed by atoms with Gasteiger partial charge in [0.2, 0.25) is 0 Å². The molecule has 0 saturated carbocycles. The van der Waals surface area contributed by atoms with Crippen molar-refractivity contribution in [2.75, 3.05) is 31.6 Å². The highest BCUT2D eigenvalue weighted by Crippen LogP contribution is 2.25. The van der Waals surface area contributed by atoms with Crippen LogP contribution in [0.5, 0.6) is 0 Å². The molecule has 2 heterocycles. The van der Waals surface area contributed by atoms with Gasteiger partial charge in [0.25, 0.3) is 0 Å². The molecule has 2 fully saturated rings. The Balaban J connectivity index is 1.84. The predicted molar refractivity (Wildman–Crippen MR) is 64.0 cm³/mol. The first-order valence-electron chi connectivity index (χ1n) is 5.88. The maximum Gasteiger partial charge on any atom is 0.0194 e. The van der Waals surface area contributed by atoms with E-state index < -0.39 is 0 Å². The summed E-state index contributed by atoms with van der Waals surface area (Å²) in [6, 6.07) is 1.71. The Morgan fingerprint density at radius 2 is 2.07 bits per heavy atom. The lowest BCUT2D eigenvalue weighted by Crippen LogP contribution is -2.40. The van der Waals surface area contributed by atoms with Gasteiger partial charge in [-0.15, -0.1) is 0 Å². The average Bonchev–Trinajstić information content (AvgIpc) is 2.59. The number of rotatable bonds is 2. The van der Waals surface area contributed by atoms with Crippen LogP contribution in [-0.2, 0) is 0 Å². The molecule has 0 aliphatic carbocycles. The van der Waals surface area contributed by atoms with Gasteiger partial charge in [-0.1, -0.05) is 0 Å². The quantitative estimate of drug-likeness (QED) is 0.751. The lowest BCUT2D eigenvalue weighted by molar-refractivity contribution is 0.174. The number of nitrogens with zero attached hydrogens (tertiary/aromatic N) is 1. The highest BCUT2D eigenvalue weighted by molar-refractivity contribution is 7.99. The molecule has 0 bridgehead atoms. The second-order valence-electron chi connectivity index (χ2n) is 4.52. The molecular formula is C11H22N2S. The van der Waals surface area contributed by atoms with Crippen LogP contribution < -0.4 is 5.32 Å². The molecule has 2 aliphatic rings. The first kappa shape index (κ1) is 10.8. The number of hydrogen-bond acceptors (Lipinski definition) is 3. The van der Waals surface area contributed by atoms with Crippen molar-refractivity contribution in [2.24, 2.45) is 0 Å². The third-order valence-electron chi connectivity index (χ3n) is 3.60. The van der Waals surface area contributed by atoms with Gasteiger partial charge in [0.15, 0.2) is 0 Å². The summed E-state index contributed by atoms with van der Waals surface area (Å²) in [6.45, 7) is 2.44. The van der Waals surface area contributed by atoms with Gasteiger partial charge in [-0.2, -0.15) is 11.8 Å². The summed E-state index contributed by atoms with van der Waals surface area (Å²) >= 11 is 2.12. The lowest BCUT2D eigenvalue weighted by atomic mass is 10.1. The van der Waals surface area contributed by atoms with Gasteiger partial charge in [0.1, 0.15) is 0 Å². The van der Waals surface area contributed by atoms with E-state index in [1.165, 1.54) is 50.3 Å². The van der Waals surface area contributed by atoms with Gasteiger partial charge in [0, 0.05) is 17.8 Å². The minimum atomic E-state index is 0.841. The third-order valence-corrected chi connectivity index (χ3v) is 4.75. The molecule has 0 spiro atoms. The summed E-state index contributed by atoms with van der Waals surface area (Å²) in [7, 11) is 2.34. The van der Waals surface area contributed by atoms with Crippen molar-refractivity contribution >= 4 is 11.8 Å². The second kappa shape index (κ2) is 5.38. The van der Waals surface area contributed by atoms with Gasteiger partial charge in [-0.3, -0.25) is 4.90 Å². The monoisotopic (exact) mass is 214 g/mol. The summed E-state index contributed by atoms with van der Waals surface area (Å²) in [5, 5.41) is 3.49. The van der Waals surface area contributed by atoms with Crippen molar-refractivity contribution < 1.29 is 0 Å². The van der Waals surface area contributed by atoms with Crippen molar-refractivity contribution in [2.45, 2.75) is 37.8 Å². The number of nitrogens with one attached hydrogen (secondary N) is 1. The fourth-order valence-electron chi connectivity index (χ4n) is 2.55. The van der Waals surface area contributed by atoms with E-state index in [9.17, 15) is 0 Å². The molecule has 82 valence electrons. The molecule has 0 aromatic carbocycles. The molecule has 0 amide bonds. The van der Waals surface area contributed by atoms with Crippen LogP contribution in [0.1, 0.15) is 25.7 Å². The summed E-state index contributed by atoms with van der Waals surface area (Å²) < 4.78 is 0. The molecular weight excluding hydrogens is 192 g/mol. The zero-order valence-corrected chi connectivity index (χ0v) is 9.98. The van der Waals surface area contributed by atoms with Gasteiger partial charge in [-0.05, 0) is 51.6 Å². The van der Waals surface area contributed by atoms with Crippen molar-refractivity contribution in [3.8, 4) is 0 Å². The molecule has 1 N–H and O–H groups in total. The van der Waals surface area contributed by atoms with E-state index in [1.807, 2.05) is 0 Å². The largest absolute Gasteiger partial charge is 0.317 e. The summed E-state index contributed by atoms with van der Waals surface area (Å²) in [5.74, 6) is 2.74. The normalized spacial score (nSPS) is 34.7. The topological polar surface area (TPSA) is 15.3 Å². The van der Waals surface area contributed by atoms with Crippen molar-refractivity contribution in [3.05, 3.63) is 0 Å². The van der Waals surface area contributed by atoms with E-state index >= 15 is 0 Å². The van der Waals surface area contributed by atoms with Gasteiger partial charge >= 0.3 is 0 Å². The Morgan fingerprint density at radius 1 is 1.14 bits per heavy atom. The first-order valence-corrected chi connectivity index (χ1v) is 7.04. The highest BCUT2D eigenvalue weighted by Gasteiger charge is 2.26. The Labute approximate surface area is 91.8 Å². The fraction of sp³-hybridized carbons (Fsp3) is 1.00. The molecule has 2 rings (SSSR count). The van der Waals surface area contributed by atoms with E-state index in [1.54, 1.807) is 0 Å². The van der Waals surface area contributed by atoms with E-state index in [0.717, 1.165) is 12.1 Å². The lowest BCUT2D eigenvalue weighted by Gasteiger charge is -2.31. The Hall–Kier alpha value is 0.270. The molecule has 2 aliphatic heterocycles. The minimum absolute atomic E-state index is 0.841. The van der Waals surface area contributed by atoms with Crippen molar-refractivity contribution in [3.63, 3.8) is 0 Å². The Kier molecular flexibility index (Phi) is 4.14. The zero-order valence-electron chi connectivity index (χ0n) is 9.17. The Bertz CT molecular complexity index is 161. The third kappa shape index (κ3) is 2.65. The predicted octanol–water partition coefficient (Wildman–Crippen LogP) is 1.57. The molecule has 2 nitrogen and oxygen atoms in total.